The van der Waals surface area contributed by atoms with Crippen molar-refractivity contribution in [1.29, 1.82) is 0 Å². The maximum Gasteiger partial charge on any atom is 0.306 e. The Balaban J connectivity index is 3.58. The summed E-state index contributed by atoms with van der Waals surface area (Å²) in [5.74, 6) is -0.308. The molecule has 0 heterocycles. The van der Waals surface area contributed by atoms with Gasteiger partial charge in [0.05, 0.1) is 0 Å². The number of ether oxygens (including phenoxy) is 1. The molecule has 0 bridgehead atoms. The lowest BCUT2D eigenvalue weighted by Crippen LogP contribution is -2.26. The fourth-order valence-electron chi connectivity index (χ4n) is 2.17. The molecule has 0 aromatic rings. The van der Waals surface area contributed by atoms with Gasteiger partial charge in [0, 0.05) is 13.0 Å². The first-order valence-electron chi connectivity index (χ1n) is 10.6. The van der Waals surface area contributed by atoms with Crippen LogP contribution in [0.1, 0.15) is 58.3 Å². The largest absolute Gasteiger partial charge is 0.463 e. The monoisotopic (exact) mass is 401 g/mol. The maximum absolute atomic E-state index is 11.4. The van der Waals surface area contributed by atoms with Gasteiger partial charge in [-0.1, -0.05) is 79.8 Å². The Kier molecular flexibility index (Phi) is 20.5. The van der Waals surface area contributed by atoms with Crippen molar-refractivity contribution >= 4 is 5.97 Å². The topological polar surface area (TPSA) is 72.5 Å². The minimum absolute atomic E-state index is 0.0287. The molecule has 0 aliphatic heterocycles. The summed E-state index contributed by atoms with van der Waals surface area (Å²) in [6, 6.07) is 0. The first-order valence-corrected chi connectivity index (χ1v) is 10.6. The second-order valence-corrected chi connectivity index (χ2v) is 6.53. The first-order chi connectivity index (χ1) is 14.2. The molecular weight excluding hydrogens is 362 g/mol. The third-order valence-corrected chi connectivity index (χ3v) is 3.82. The van der Waals surface area contributed by atoms with Crippen molar-refractivity contribution in [2.75, 3.05) is 13.2 Å². The molecule has 1 unspecified atom stereocenters. The van der Waals surface area contributed by atoms with E-state index in [4.69, 9.17) is 10.5 Å². The molecule has 0 aromatic heterocycles. The van der Waals surface area contributed by atoms with Crippen molar-refractivity contribution in [2.24, 2.45) is 5.73 Å². The molecule has 0 amide bonds. The molecule has 4 heteroatoms. The SMILES string of the molecule is CC/C=C\C/C=C\C/C=C\C/C=C\C/C=C\C/C=C\CCC(=O)OCC(O)CN. The maximum atomic E-state index is 11.4. The van der Waals surface area contributed by atoms with Gasteiger partial charge in [-0.3, -0.25) is 4.79 Å². The molecule has 0 radical (unpaired) electrons. The molecule has 0 spiro atoms. The van der Waals surface area contributed by atoms with Crippen molar-refractivity contribution in [1.82, 2.24) is 0 Å². The van der Waals surface area contributed by atoms with Crippen LogP contribution in [0.15, 0.2) is 72.9 Å². The number of carbonyl (C=O) groups is 1. The summed E-state index contributed by atoms with van der Waals surface area (Å²) in [6.07, 6.45) is 31.8. The van der Waals surface area contributed by atoms with E-state index in [2.05, 4.69) is 67.7 Å². The van der Waals surface area contributed by atoms with Crippen LogP contribution in [0.2, 0.25) is 0 Å². The summed E-state index contributed by atoms with van der Waals surface area (Å²) < 4.78 is 4.90. The van der Waals surface area contributed by atoms with Gasteiger partial charge in [-0.2, -0.15) is 0 Å². The predicted octanol–water partition coefficient (Wildman–Crippen LogP) is 5.33. The third-order valence-electron chi connectivity index (χ3n) is 3.82. The number of rotatable bonds is 17. The quantitative estimate of drug-likeness (QED) is 0.255. The highest BCUT2D eigenvalue weighted by atomic mass is 16.5. The van der Waals surface area contributed by atoms with Crippen molar-refractivity contribution in [3.05, 3.63) is 72.9 Å². The zero-order chi connectivity index (χ0) is 21.4. The standard InChI is InChI=1S/C25H39NO3/c1-2-3-4-5-6-7-8-9-10-11-12-13-14-15-16-17-18-19-20-21-25(28)29-23-24(27)22-26/h3-4,6-7,9-10,12-13,15-16,18-19,24,27H,2,5,8,11,14,17,20-23,26H2,1H3/b4-3-,7-6-,10-9-,13-12-,16-15-,19-18-. The molecule has 0 rings (SSSR count). The number of aliphatic hydroxyl groups excluding tert-OH is 1. The minimum atomic E-state index is -0.773. The van der Waals surface area contributed by atoms with Crippen LogP contribution in [0, 0.1) is 0 Å². The van der Waals surface area contributed by atoms with E-state index in [1.165, 1.54) is 0 Å². The number of hydrogen-bond acceptors (Lipinski definition) is 4. The van der Waals surface area contributed by atoms with Gasteiger partial charge >= 0.3 is 5.97 Å². The van der Waals surface area contributed by atoms with E-state index < -0.39 is 6.10 Å². The number of allylic oxidation sites excluding steroid dienone is 12. The van der Waals surface area contributed by atoms with E-state index in [1.807, 2.05) is 12.2 Å². The van der Waals surface area contributed by atoms with Crippen LogP contribution < -0.4 is 5.73 Å². The molecule has 0 saturated carbocycles. The second-order valence-electron chi connectivity index (χ2n) is 6.53. The predicted molar refractivity (Wildman–Crippen MR) is 123 cm³/mol. The van der Waals surface area contributed by atoms with E-state index in [-0.39, 0.29) is 19.1 Å². The van der Waals surface area contributed by atoms with Gasteiger partial charge in [0.25, 0.3) is 0 Å². The Bertz CT molecular complexity index is 556. The highest BCUT2D eigenvalue weighted by Crippen LogP contribution is 1.99. The molecule has 4 nitrogen and oxygen atoms in total. The Hall–Kier alpha value is -2.17. The molecule has 0 aromatic carbocycles. The Morgan fingerprint density at radius 3 is 1.62 bits per heavy atom. The summed E-state index contributed by atoms with van der Waals surface area (Å²) >= 11 is 0. The average Bonchev–Trinajstić information content (AvgIpc) is 2.73. The normalized spacial score (nSPS) is 13.9. The Morgan fingerprint density at radius 2 is 1.21 bits per heavy atom. The lowest BCUT2D eigenvalue weighted by Gasteiger charge is -2.07. The summed E-state index contributed by atoms with van der Waals surface area (Å²) in [4.78, 5) is 11.4. The summed E-state index contributed by atoms with van der Waals surface area (Å²) in [5, 5.41) is 9.21. The van der Waals surface area contributed by atoms with Gasteiger partial charge in [0.15, 0.2) is 0 Å². The minimum Gasteiger partial charge on any atom is -0.463 e. The average molecular weight is 402 g/mol. The number of aliphatic hydroxyl groups is 1. The van der Waals surface area contributed by atoms with E-state index in [0.29, 0.717) is 12.8 Å². The van der Waals surface area contributed by atoms with Crippen molar-refractivity contribution in [3.63, 3.8) is 0 Å². The molecule has 0 aliphatic rings. The van der Waals surface area contributed by atoms with Crippen molar-refractivity contribution in [3.8, 4) is 0 Å². The molecule has 162 valence electrons. The summed E-state index contributed by atoms with van der Waals surface area (Å²) in [5.41, 5.74) is 5.24. The molecule has 0 aliphatic carbocycles. The summed E-state index contributed by atoms with van der Waals surface area (Å²) in [6.45, 7) is 2.21. The first kappa shape index (κ1) is 26.8. The Morgan fingerprint density at radius 1 is 0.793 bits per heavy atom. The zero-order valence-electron chi connectivity index (χ0n) is 17.9. The van der Waals surface area contributed by atoms with Crippen LogP contribution >= 0.6 is 0 Å². The molecule has 1 atom stereocenters. The van der Waals surface area contributed by atoms with Crippen LogP contribution in [0.4, 0.5) is 0 Å². The highest BCUT2D eigenvalue weighted by Gasteiger charge is 2.05. The van der Waals surface area contributed by atoms with Crippen LogP contribution in [-0.2, 0) is 9.53 Å². The van der Waals surface area contributed by atoms with Gasteiger partial charge in [0.1, 0.15) is 12.7 Å². The lowest BCUT2D eigenvalue weighted by atomic mass is 10.2. The fourth-order valence-corrected chi connectivity index (χ4v) is 2.17. The van der Waals surface area contributed by atoms with Crippen LogP contribution in [0.5, 0.6) is 0 Å². The van der Waals surface area contributed by atoms with Crippen molar-refractivity contribution in [2.45, 2.75) is 64.4 Å². The van der Waals surface area contributed by atoms with E-state index in [0.717, 1.165) is 38.5 Å². The van der Waals surface area contributed by atoms with Gasteiger partial charge in [-0.25, -0.2) is 0 Å². The van der Waals surface area contributed by atoms with E-state index >= 15 is 0 Å². The highest BCUT2D eigenvalue weighted by molar-refractivity contribution is 5.69. The molecule has 0 saturated heterocycles. The van der Waals surface area contributed by atoms with Gasteiger partial charge < -0.3 is 15.6 Å². The molecule has 29 heavy (non-hydrogen) atoms. The summed E-state index contributed by atoms with van der Waals surface area (Å²) in [7, 11) is 0. The van der Waals surface area contributed by atoms with Gasteiger partial charge in [-0.15, -0.1) is 0 Å². The number of nitrogens with two attached hydrogens (primary N) is 1. The van der Waals surface area contributed by atoms with Gasteiger partial charge in [-0.05, 0) is 44.9 Å². The smallest absolute Gasteiger partial charge is 0.306 e. The number of carbonyl (C=O) groups excluding carboxylic acids is 1. The van der Waals surface area contributed by atoms with Crippen LogP contribution in [-0.4, -0.2) is 30.3 Å². The molecular formula is C25H39NO3. The molecule has 3 N–H and O–H groups in total. The van der Waals surface area contributed by atoms with Crippen molar-refractivity contribution < 1.29 is 14.6 Å². The van der Waals surface area contributed by atoms with Gasteiger partial charge in [0.2, 0.25) is 0 Å². The number of esters is 1. The zero-order valence-corrected chi connectivity index (χ0v) is 17.9. The Labute approximate surface area is 177 Å². The molecule has 0 fully saturated rings. The second kappa shape index (κ2) is 22.1. The van der Waals surface area contributed by atoms with E-state index in [9.17, 15) is 9.90 Å². The van der Waals surface area contributed by atoms with Crippen LogP contribution in [0.25, 0.3) is 0 Å². The van der Waals surface area contributed by atoms with Crippen LogP contribution in [0.3, 0.4) is 0 Å². The van der Waals surface area contributed by atoms with E-state index in [1.54, 1.807) is 0 Å². The lowest BCUT2D eigenvalue weighted by molar-refractivity contribution is -0.146. The third kappa shape index (κ3) is 22.0. The number of hydrogen-bond donors (Lipinski definition) is 2. The fraction of sp³-hybridized carbons (Fsp3) is 0.480.